The first-order valence-electron chi connectivity index (χ1n) is 5.90. The second kappa shape index (κ2) is 6.23. The van der Waals surface area contributed by atoms with Crippen molar-refractivity contribution in [3.8, 4) is 16.9 Å². The molecule has 0 radical (unpaired) electrons. The lowest BCUT2D eigenvalue weighted by molar-refractivity contribution is -0.274. The average Bonchev–Trinajstić information content (AvgIpc) is 2.44. The number of halogens is 4. The van der Waals surface area contributed by atoms with E-state index in [9.17, 15) is 18.0 Å². The fraction of sp³-hybridized carbons (Fsp3) is 0.143. The van der Waals surface area contributed by atoms with Crippen LogP contribution in [0.1, 0.15) is 10.4 Å². The molecule has 0 saturated carbocycles. The Bertz CT molecular complexity index is 704. The van der Waals surface area contributed by atoms with Gasteiger partial charge in [0.25, 0.3) is 0 Å². The summed E-state index contributed by atoms with van der Waals surface area (Å²) in [7, 11) is 1.18. The summed E-state index contributed by atoms with van der Waals surface area (Å²) in [5, 5.41) is 0.0619. The highest BCUT2D eigenvalue weighted by Crippen LogP contribution is 2.30. The highest BCUT2D eigenvalue weighted by Gasteiger charge is 2.31. The number of aromatic nitrogens is 1. The number of carbonyl (C=O) groups excluding carboxylic acids is 1. The maximum absolute atomic E-state index is 12.3. The number of benzene rings is 1. The number of hydrogen-bond acceptors (Lipinski definition) is 4. The van der Waals surface area contributed by atoms with Gasteiger partial charge in [-0.05, 0) is 23.8 Å². The van der Waals surface area contributed by atoms with Crippen molar-refractivity contribution >= 4 is 17.6 Å². The molecule has 1 aromatic carbocycles. The molecule has 0 atom stereocenters. The van der Waals surface area contributed by atoms with Gasteiger partial charge < -0.3 is 9.47 Å². The van der Waals surface area contributed by atoms with Crippen LogP contribution in [0.3, 0.4) is 0 Å². The Morgan fingerprint density at radius 2 is 2.00 bits per heavy atom. The number of pyridine rings is 1. The lowest BCUT2D eigenvalue weighted by atomic mass is 10.0. The average molecular weight is 332 g/mol. The zero-order valence-electron chi connectivity index (χ0n) is 11.1. The van der Waals surface area contributed by atoms with E-state index in [-0.39, 0.29) is 16.3 Å². The van der Waals surface area contributed by atoms with Gasteiger partial charge in [-0.3, -0.25) is 0 Å². The van der Waals surface area contributed by atoms with Gasteiger partial charge in [0, 0.05) is 11.8 Å². The van der Waals surface area contributed by atoms with Crippen molar-refractivity contribution in [1.82, 2.24) is 4.98 Å². The van der Waals surface area contributed by atoms with Crippen molar-refractivity contribution in [1.29, 1.82) is 0 Å². The molecule has 1 aromatic heterocycles. The third-order valence-electron chi connectivity index (χ3n) is 2.65. The largest absolute Gasteiger partial charge is 0.573 e. The van der Waals surface area contributed by atoms with Crippen LogP contribution in [0.5, 0.6) is 5.75 Å². The van der Waals surface area contributed by atoms with Gasteiger partial charge in [-0.2, -0.15) is 0 Å². The second-order valence-corrected chi connectivity index (χ2v) is 4.51. The van der Waals surface area contributed by atoms with E-state index < -0.39 is 18.1 Å². The Morgan fingerprint density at radius 1 is 1.27 bits per heavy atom. The number of alkyl halides is 3. The molecule has 0 unspecified atom stereocenters. The molecule has 0 aliphatic carbocycles. The predicted octanol–water partition coefficient (Wildman–Crippen LogP) is 4.09. The molecule has 2 aromatic rings. The Hall–Kier alpha value is -2.28. The first-order valence-corrected chi connectivity index (χ1v) is 6.28. The molecule has 0 saturated heterocycles. The fourth-order valence-electron chi connectivity index (χ4n) is 1.80. The molecule has 0 aliphatic rings. The first-order chi connectivity index (χ1) is 10.3. The van der Waals surface area contributed by atoms with Crippen LogP contribution in [0.25, 0.3) is 11.1 Å². The third-order valence-corrected chi connectivity index (χ3v) is 2.86. The Labute approximate surface area is 128 Å². The number of esters is 1. The van der Waals surface area contributed by atoms with Crippen LogP contribution in [-0.4, -0.2) is 24.4 Å². The van der Waals surface area contributed by atoms with Gasteiger partial charge >= 0.3 is 12.3 Å². The van der Waals surface area contributed by atoms with Crippen LogP contribution in [0.4, 0.5) is 13.2 Å². The van der Waals surface area contributed by atoms with E-state index in [1.165, 1.54) is 31.5 Å². The van der Waals surface area contributed by atoms with Crippen LogP contribution in [0, 0.1) is 0 Å². The number of rotatable bonds is 3. The Morgan fingerprint density at radius 3 is 2.64 bits per heavy atom. The molecular formula is C14H9ClF3NO3. The molecule has 4 nitrogen and oxygen atoms in total. The van der Waals surface area contributed by atoms with Crippen LogP contribution >= 0.6 is 11.6 Å². The Kier molecular flexibility index (Phi) is 4.56. The van der Waals surface area contributed by atoms with Gasteiger partial charge in [0.05, 0.1) is 12.7 Å². The Balaban J connectivity index is 2.48. The van der Waals surface area contributed by atoms with Crippen LogP contribution in [-0.2, 0) is 4.74 Å². The number of ether oxygens (including phenoxy) is 2. The molecule has 0 fully saturated rings. The normalized spacial score (nSPS) is 11.1. The monoisotopic (exact) mass is 331 g/mol. The minimum Gasteiger partial charge on any atom is -0.465 e. The summed E-state index contributed by atoms with van der Waals surface area (Å²) in [5.41, 5.74) is 0.682. The van der Waals surface area contributed by atoms with Gasteiger partial charge in [-0.25, -0.2) is 9.78 Å². The summed E-state index contributed by atoms with van der Waals surface area (Å²) in [5.74, 6) is -1.09. The smallest absolute Gasteiger partial charge is 0.465 e. The summed E-state index contributed by atoms with van der Waals surface area (Å²) in [6.45, 7) is 0. The van der Waals surface area contributed by atoms with Gasteiger partial charge in [-0.15, -0.1) is 13.2 Å². The molecule has 0 aliphatic heterocycles. The standard InChI is InChI=1S/C14H9ClF3NO3/c1-21-13(20)10-6-12(15)19-7-11(10)8-3-2-4-9(5-8)22-14(16,17)18/h2-7H,1H3. The summed E-state index contributed by atoms with van der Waals surface area (Å²) >= 11 is 5.73. The van der Waals surface area contributed by atoms with Crippen LogP contribution in [0.15, 0.2) is 36.5 Å². The molecule has 1 heterocycles. The first kappa shape index (κ1) is 16.1. The summed E-state index contributed by atoms with van der Waals surface area (Å²) in [4.78, 5) is 15.6. The van der Waals surface area contributed by atoms with Crippen molar-refractivity contribution < 1.29 is 27.4 Å². The maximum atomic E-state index is 12.3. The topological polar surface area (TPSA) is 48.4 Å². The lowest BCUT2D eigenvalue weighted by Crippen LogP contribution is -2.17. The van der Waals surface area contributed by atoms with E-state index >= 15 is 0 Å². The third kappa shape index (κ3) is 3.88. The van der Waals surface area contributed by atoms with Crippen LogP contribution < -0.4 is 4.74 Å². The van der Waals surface area contributed by atoms with Crippen molar-refractivity contribution in [2.75, 3.05) is 7.11 Å². The van der Waals surface area contributed by atoms with Gasteiger partial charge in [-0.1, -0.05) is 23.7 Å². The zero-order valence-corrected chi connectivity index (χ0v) is 11.9. The lowest BCUT2D eigenvalue weighted by Gasteiger charge is -2.12. The number of hydrogen-bond donors (Lipinski definition) is 0. The van der Waals surface area contributed by atoms with Crippen LogP contribution in [0.2, 0.25) is 5.15 Å². The highest BCUT2D eigenvalue weighted by molar-refractivity contribution is 6.29. The predicted molar refractivity (Wildman–Crippen MR) is 72.7 cm³/mol. The molecule has 2 rings (SSSR count). The minimum absolute atomic E-state index is 0.0619. The molecular weight excluding hydrogens is 323 g/mol. The quantitative estimate of drug-likeness (QED) is 0.628. The summed E-state index contributed by atoms with van der Waals surface area (Å²) in [6.07, 6.45) is -3.52. The summed E-state index contributed by atoms with van der Waals surface area (Å²) in [6, 6.07) is 6.45. The number of nitrogens with zero attached hydrogens (tertiary/aromatic N) is 1. The van der Waals surface area contributed by atoms with Crippen molar-refractivity contribution in [3.05, 3.63) is 47.2 Å². The SMILES string of the molecule is COC(=O)c1cc(Cl)ncc1-c1cccc(OC(F)(F)F)c1. The van der Waals surface area contributed by atoms with Gasteiger partial charge in [0.1, 0.15) is 10.9 Å². The fourth-order valence-corrected chi connectivity index (χ4v) is 1.96. The minimum atomic E-state index is -4.80. The van der Waals surface area contributed by atoms with E-state index in [0.29, 0.717) is 5.56 Å². The van der Waals surface area contributed by atoms with E-state index in [1.54, 1.807) is 0 Å². The van der Waals surface area contributed by atoms with E-state index in [1.807, 2.05) is 0 Å². The van der Waals surface area contributed by atoms with Crippen molar-refractivity contribution in [2.24, 2.45) is 0 Å². The van der Waals surface area contributed by atoms with E-state index in [4.69, 9.17) is 11.6 Å². The van der Waals surface area contributed by atoms with Gasteiger partial charge in [0.15, 0.2) is 0 Å². The number of methoxy groups -OCH3 is 1. The molecule has 0 spiro atoms. The molecule has 0 bridgehead atoms. The molecule has 0 amide bonds. The van der Waals surface area contributed by atoms with E-state index in [0.717, 1.165) is 12.1 Å². The van der Waals surface area contributed by atoms with E-state index in [2.05, 4.69) is 14.5 Å². The van der Waals surface area contributed by atoms with Crippen molar-refractivity contribution in [2.45, 2.75) is 6.36 Å². The maximum Gasteiger partial charge on any atom is 0.573 e. The molecule has 116 valence electrons. The zero-order chi connectivity index (χ0) is 16.3. The highest BCUT2D eigenvalue weighted by atomic mass is 35.5. The molecule has 8 heteroatoms. The molecule has 0 N–H and O–H groups in total. The number of carbonyl (C=O) groups is 1. The second-order valence-electron chi connectivity index (χ2n) is 4.12. The van der Waals surface area contributed by atoms with Gasteiger partial charge in [0.2, 0.25) is 0 Å². The molecule has 22 heavy (non-hydrogen) atoms. The van der Waals surface area contributed by atoms with Crippen molar-refractivity contribution in [3.63, 3.8) is 0 Å². The summed E-state index contributed by atoms with van der Waals surface area (Å²) < 4.78 is 45.3.